The average molecular weight is 347 g/mol. The molecule has 1 aromatic rings. The maximum Gasteiger partial charge on any atom is 0.339 e. The highest BCUT2D eigenvalue weighted by Crippen LogP contribution is 2.44. The van der Waals surface area contributed by atoms with Gasteiger partial charge in [-0.1, -0.05) is 29.8 Å². The molecule has 0 heterocycles. The van der Waals surface area contributed by atoms with Crippen LogP contribution in [-0.4, -0.2) is 32.4 Å². The van der Waals surface area contributed by atoms with Gasteiger partial charge in [-0.2, -0.15) is 0 Å². The molecule has 6 heteroatoms. The second kappa shape index (κ2) is 6.95. The first-order valence-corrected chi connectivity index (χ1v) is 6.88. The van der Waals surface area contributed by atoms with Crippen LogP contribution in [0.4, 0.5) is 0 Å². The van der Waals surface area contributed by atoms with Crippen LogP contribution in [0.15, 0.2) is 10.5 Å². The van der Waals surface area contributed by atoms with E-state index >= 15 is 0 Å². The van der Waals surface area contributed by atoms with E-state index in [0.717, 1.165) is 0 Å². The second-order valence-corrected chi connectivity index (χ2v) is 5.36. The van der Waals surface area contributed by atoms with E-state index < -0.39 is 12.1 Å². The van der Waals surface area contributed by atoms with Gasteiger partial charge in [0.2, 0.25) is 0 Å². The molecule has 1 rings (SSSR count). The lowest BCUT2D eigenvalue weighted by Crippen LogP contribution is -2.17. The molecule has 0 spiro atoms. The minimum atomic E-state index is -1.38. The summed E-state index contributed by atoms with van der Waals surface area (Å²) in [6, 6.07) is 1.66. The molecule has 0 aliphatic heterocycles. The number of methoxy groups -OCH3 is 3. The summed E-state index contributed by atoms with van der Waals surface area (Å²) in [5.41, 5.74) is 1.14. The van der Waals surface area contributed by atoms with Crippen LogP contribution in [0.2, 0.25) is 0 Å². The van der Waals surface area contributed by atoms with Crippen molar-refractivity contribution in [3.8, 4) is 11.5 Å². The third-order valence-electron chi connectivity index (χ3n) is 2.97. The van der Waals surface area contributed by atoms with Gasteiger partial charge in [0.15, 0.2) is 17.6 Å². The molecule has 1 unspecified atom stereocenters. The van der Waals surface area contributed by atoms with Crippen molar-refractivity contribution in [2.75, 3.05) is 21.3 Å². The predicted octanol–water partition coefficient (Wildman–Crippen LogP) is 2.80. The zero-order valence-electron chi connectivity index (χ0n) is 12.2. The monoisotopic (exact) mass is 346 g/mol. The van der Waals surface area contributed by atoms with Crippen LogP contribution in [0.1, 0.15) is 37.0 Å². The molecular formula is C14H19BrO5. The Labute approximate surface area is 127 Å². The van der Waals surface area contributed by atoms with E-state index in [2.05, 4.69) is 20.7 Å². The zero-order chi connectivity index (χ0) is 15.4. The highest BCUT2D eigenvalue weighted by molar-refractivity contribution is 9.10. The number of benzene rings is 1. The van der Waals surface area contributed by atoms with E-state index in [1.807, 2.05) is 13.8 Å². The van der Waals surface area contributed by atoms with Crippen molar-refractivity contribution in [1.29, 1.82) is 0 Å². The predicted molar refractivity (Wildman–Crippen MR) is 78.3 cm³/mol. The van der Waals surface area contributed by atoms with E-state index in [1.54, 1.807) is 6.07 Å². The first-order chi connectivity index (χ1) is 9.38. The van der Waals surface area contributed by atoms with Gasteiger partial charge in [0, 0.05) is 15.6 Å². The van der Waals surface area contributed by atoms with E-state index in [1.165, 1.54) is 21.3 Å². The average Bonchev–Trinajstić information content (AvgIpc) is 2.43. The maximum absolute atomic E-state index is 11.6. The standard InChI is InChI=1S/C14H19BrO5/c1-7(2)10-11(12(16)14(17)20-5)8(15)6-9(18-3)13(10)19-4/h6-7,12,16H,1-5H3. The van der Waals surface area contributed by atoms with Crippen molar-refractivity contribution in [2.24, 2.45) is 0 Å². The maximum atomic E-state index is 11.6. The largest absolute Gasteiger partial charge is 0.493 e. The molecule has 0 aliphatic carbocycles. The molecule has 1 aromatic carbocycles. The Kier molecular flexibility index (Phi) is 5.83. The van der Waals surface area contributed by atoms with Gasteiger partial charge in [-0.15, -0.1) is 0 Å². The molecule has 0 aromatic heterocycles. The highest BCUT2D eigenvalue weighted by atomic mass is 79.9. The summed E-state index contributed by atoms with van der Waals surface area (Å²) < 4.78 is 15.8. The SMILES string of the molecule is COC(=O)C(O)c1c(Br)cc(OC)c(OC)c1C(C)C. The number of aliphatic hydroxyl groups excluding tert-OH is 1. The molecule has 112 valence electrons. The molecule has 0 radical (unpaired) electrons. The first kappa shape index (κ1) is 16.8. The van der Waals surface area contributed by atoms with Crippen LogP contribution in [-0.2, 0) is 9.53 Å². The molecule has 0 saturated carbocycles. The van der Waals surface area contributed by atoms with Gasteiger partial charge in [0.25, 0.3) is 0 Å². The van der Waals surface area contributed by atoms with E-state index in [0.29, 0.717) is 27.1 Å². The number of halogens is 1. The molecule has 0 amide bonds. The smallest absolute Gasteiger partial charge is 0.339 e. The van der Waals surface area contributed by atoms with Crippen molar-refractivity contribution in [3.63, 3.8) is 0 Å². The number of ether oxygens (including phenoxy) is 3. The third-order valence-corrected chi connectivity index (χ3v) is 3.63. The van der Waals surface area contributed by atoms with Crippen LogP contribution in [0.3, 0.4) is 0 Å². The number of esters is 1. The molecule has 0 aliphatic rings. The Balaban J connectivity index is 3.61. The summed E-state index contributed by atoms with van der Waals surface area (Å²) >= 11 is 3.37. The lowest BCUT2D eigenvalue weighted by Gasteiger charge is -2.23. The number of aliphatic hydroxyl groups is 1. The number of hydrogen-bond acceptors (Lipinski definition) is 5. The second-order valence-electron chi connectivity index (χ2n) is 4.50. The lowest BCUT2D eigenvalue weighted by atomic mass is 9.92. The fourth-order valence-electron chi connectivity index (χ4n) is 2.08. The van der Waals surface area contributed by atoms with Gasteiger partial charge < -0.3 is 19.3 Å². The van der Waals surface area contributed by atoms with Gasteiger partial charge in [0.1, 0.15) is 0 Å². The van der Waals surface area contributed by atoms with Gasteiger partial charge in [-0.25, -0.2) is 4.79 Å². The Morgan fingerprint density at radius 3 is 2.20 bits per heavy atom. The van der Waals surface area contributed by atoms with E-state index in [4.69, 9.17) is 9.47 Å². The molecule has 5 nitrogen and oxygen atoms in total. The van der Waals surface area contributed by atoms with Crippen LogP contribution in [0.25, 0.3) is 0 Å². The molecule has 20 heavy (non-hydrogen) atoms. The van der Waals surface area contributed by atoms with Crippen molar-refractivity contribution < 1.29 is 24.1 Å². The van der Waals surface area contributed by atoms with Gasteiger partial charge >= 0.3 is 5.97 Å². The minimum absolute atomic E-state index is 0.0191. The van der Waals surface area contributed by atoms with Crippen molar-refractivity contribution in [2.45, 2.75) is 25.9 Å². The minimum Gasteiger partial charge on any atom is -0.493 e. The number of carbonyl (C=O) groups excluding carboxylic acids is 1. The summed E-state index contributed by atoms with van der Waals surface area (Å²) in [7, 11) is 4.28. The highest BCUT2D eigenvalue weighted by Gasteiger charge is 2.29. The Hall–Kier alpha value is -1.27. The van der Waals surface area contributed by atoms with Crippen LogP contribution < -0.4 is 9.47 Å². The van der Waals surface area contributed by atoms with Crippen molar-refractivity contribution in [3.05, 3.63) is 21.7 Å². The normalized spacial score (nSPS) is 12.2. The van der Waals surface area contributed by atoms with E-state index in [9.17, 15) is 9.90 Å². The molecule has 1 atom stereocenters. The Morgan fingerprint density at radius 2 is 1.80 bits per heavy atom. The lowest BCUT2D eigenvalue weighted by molar-refractivity contribution is -0.150. The van der Waals surface area contributed by atoms with Crippen molar-refractivity contribution >= 4 is 21.9 Å². The van der Waals surface area contributed by atoms with Crippen LogP contribution in [0, 0.1) is 0 Å². The third kappa shape index (κ3) is 3.07. The zero-order valence-corrected chi connectivity index (χ0v) is 13.8. The summed E-state index contributed by atoms with van der Waals surface area (Å²) in [4.78, 5) is 11.6. The fraction of sp³-hybridized carbons (Fsp3) is 0.500. The molecular weight excluding hydrogens is 328 g/mol. The number of carbonyl (C=O) groups is 1. The van der Waals surface area contributed by atoms with Gasteiger partial charge in [0.05, 0.1) is 21.3 Å². The summed E-state index contributed by atoms with van der Waals surface area (Å²) in [5, 5.41) is 10.2. The topological polar surface area (TPSA) is 65.0 Å². The Bertz CT molecular complexity index is 499. The Morgan fingerprint density at radius 1 is 1.20 bits per heavy atom. The van der Waals surface area contributed by atoms with Gasteiger partial charge in [-0.3, -0.25) is 0 Å². The molecule has 1 N–H and O–H groups in total. The van der Waals surface area contributed by atoms with Crippen LogP contribution in [0.5, 0.6) is 11.5 Å². The molecule has 0 fully saturated rings. The molecule has 0 saturated heterocycles. The van der Waals surface area contributed by atoms with E-state index in [-0.39, 0.29) is 5.92 Å². The van der Waals surface area contributed by atoms with Crippen molar-refractivity contribution in [1.82, 2.24) is 0 Å². The summed E-state index contributed by atoms with van der Waals surface area (Å²) in [5.74, 6) is 0.331. The summed E-state index contributed by atoms with van der Waals surface area (Å²) in [6.07, 6.45) is -1.38. The van der Waals surface area contributed by atoms with Gasteiger partial charge in [-0.05, 0) is 12.0 Å². The fourth-order valence-corrected chi connectivity index (χ4v) is 2.72. The van der Waals surface area contributed by atoms with Crippen LogP contribution >= 0.6 is 15.9 Å². The quantitative estimate of drug-likeness (QED) is 0.830. The first-order valence-electron chi connectivity index (χ1n) is 6.09. The molecule has 0 bridgehead atoms. The number of hydrogen-bond donors (Lipinski definition) is 1. The number of rotatable bonds is 5. The summed E-state index contributed by atoms with van der Waals surface area (Å²) in [6.45, 7) is 3.88.